The maximum atomic E-state index is 11.8. The molecule has 1 aromatic carbocycles. The number of benzene rings is 1. The Bertz CT molecular complexity index is 524. The van der Waals surface area contributed by atoms with Crippen LogP contribution in [-0.4, -0.2) is 16.0 Å². The lowest BCUT2D eigenvalue weighted by Crippen LogP contribution is -2.00. The molecule has 3 rings (SSSR count). The summed E-state index contributed by atoms with van der Waals surface area (Å²) in [6, 6.07) is 5.12. The Morgan fingerprint density at radius 2 is 1.88 bits per heavy atom. The molecular formula is C14H14O3. The Balaban J connectivity index is 2.15. The Hall–Kier alpha value is -1.77. The van der Waals surface area contributed by atoms with Crippen molar-refractivity contribution in [1.29, 1.82) is 0 Å². The van der Waals surface area contributed by atoms with Gasteiger partial charge in [-0.3, -0.25) is 4.79 Å². The van der Waals surface area contributed by atoms with Gasteiger partial charge in [-0.2, -0.15) is 0 Å². The summed E-state index contributed by atoms with van der Waals surface area (Å²) in [5, 5.41) is 19.4. The second-order valence-corrected chi connectivity index (χ2v) is 4.79. The van der Waals surface area contributed by atoms with Gasteiger partial charge < -0.3 is 10.2 Å². The van der Waals surface area contributed by atoms with Crippen LogP contribution in [-0.2, 0) is 4.79 Å². The molecule has 2 N–H and O–H groups in total. The average Bonchev–Trinajstić information content (AvgIpc) is 3.06. The molecular weight excluding hydrogens is 216 g/mol. The molecule has 0 heterocycles. The molecule has 3 heteroatoms. The molecule has 2 aliphatic rings. The summed E-state index contributed by atoms with van der Waals surface area (Å²) in [5.74, 6) is 0.779. The number of hydrogen-bond donors (Lipinski definition) is 2. The van der Waals surface area contributed by atoms with E-state index in [4.69, 9.17) is 0 Å². The smallest absolute Gasteiger partial charge is 0.167 e. The second kappa shape index (κ2) is 3.62. The zero-order valence-electron chi connectivity index (χ0n) is 9.44. The molecule has 3 nitrogen and oxygen atoms in total. The molecule has 0 aliphatic heterocycles. The molecule has 0 saturated heterocycles. The van der Waals surface area contributed by atoms with Crippen molar-refractivity contribution in [2.45, 2.75) is 31.6 Å². The molecule has 0 atom stereocenters. The van der Waals surface area contributed by atoms with Crippen LogP contribution in [0.2, 0.25) is 0 Å². The van der Waals surface area contributed by atoms with E-state index in [9.17, 15) is 15.0 Å². The number of aliphatic hydroxyl groups is 1. The van der Waals surface area contributed by atoms with E-state index in [-0.39, 0.29) is 17.3 Å². The van der Waals surface area contributed by atoms with Crippen molar-refractivity contribution in [3.63, 3.8) is 0 Å². The number of hydrogen-bond acceptors (Lipinski definition) is 3. The van der Waals surface area contributed by atoms with Crippen molar-refractivity contribution in [2.24, 2.45) is 0 Å². The lowest BCUT2D eigenvalue weighted by molar-refractivity contribution is -0.113. The molecule has 0 spiro atoms. The minimum Gasteiger partial charge on any atom is -0.512 e. The van der Waals surface area contributed by atoms with E-state index in [2.05, 4.69) is 0 Å². The van der Waals surface area contributed by atoms with Crippen LogP contribution >= 0.6 is 0 Å². The van der Waals surface area contributed by atoms with Crippen LogP contribution in [0.25, 0.3) is 5.57 Å². The summed E-state index contributed by atoms with van der Waals surface area (Å²) in [4.78, 5) is 11.8. The van der Waals surface area contributed by atoms with Crippen molar-refractivity contribution in [1.82, 2.24) is 0 Å². The number of carbonyl (C=O) groups is 1. The predicted octanol–water partition coefficient (Wildman–Crippen LogP) is 2.90. The average molecular weight is 230 g/mol. The normalized spacial score (nSPS) is 20.1. The molecule has 1 fully saturated rings. The molecule has 2 aliphatic carbocycles. The van der Waals surface area contributed by atoms with E-state index in [1.807, 2.05) is 6.07 Å². The Labute approximate surface area is 99.4 Å². The molecule has 0 radical (unpaired) electrons. The van der Waals surface area contributed by atoms with Crippen molar-refractivity contribution in [3.05, 3.63) is 35.1 Å². The van der Waals surface area contributed by atoms with Gasteiger partial charge in [0.15, 0.2) is 5.78 Å². The summed E-state index contributed by atoms with van der Waals surface area (Å²) in [6.45, 7) is 0. The SMILES string of the molecule is O=C1CCC(O)=C1c1cc(O)ccc1C1CC1. The highest BCUT2D eigenvalue weighted by atomic mass is 16.3. The molecule has 0 bridgehead atoms. The van der Waals surface area contributed by atoms with Crippen LogP contribution < -0.4 is 0 Å². The second-order valence-electron chi connectivity index (χ2n) is 4.79. The number of phenols is 1. The third-order valence-electron chi connectivity index (χ3n) is 3.48. The van der Waals surface area contributed by atoms with Crippen molar-refractivity contribution >= 4 is 11.4 Å². The van der Waals surface area contributed by atoms with Crippen molar-refractivity contribution in [3.8, 4) is 5.75 Å². The number of aromatic hydroxyl groups is 1. The van der Waals surface area contributed by atoms with Gasteiger partial charge in [0.1, 0.15) is 11.5 Å². The zero-order valence-corrected chi connectivity index (χ0v) is 9.44. The minimum atomic E-state index is -0.0185. The van der Waals surface area contributed by atoms with E-state index in [1.54, 1.807) is 12.1 Å². The summed E-state index contributed by atoms with van der Waals surface area (Å²) < 4.78 is 0. The largest absolute Gasteiger partial charge is 0.512 e. The van der Waals surface area contributed by atoms with Crippen LogP contribution in [0.5, 0.6) is 5.75 Å². The fourth-order valence-electron chi connectivity index (χ4n) is 2.46. The van der Waals surface area contributed by atoms with Gasteiger partial charge in [0.25, 0.3) is 0 Å². The van der Waals surface area contributed by atoms with Crippen LogP contribution in [0.4, 0.5) is 0 Å². The molecule has 0 unspecified atom stereocenters. The van der Waals surface area contributed by atoms with E-state index in [1.165, 1.54) is 0 Å². The van der Waals surface area contributed by atoms with Gasteiger partial charge in [0.2, 0.25) is 0 Å². The minimum absolute atomic E-state index is 0.0185. The predicted molar refractivity (Wildman–Crippen MR) is 63.9 cm³/mol. The van der Waals surface area contributed by atoms with Gasteiger partial charge in [-0.1, -0.05) is 6.07 Å². The first kappa shape index (κ1) is 10.4. The van der Waals surface area contributed by atoms with Crippen LogP contribution in [0.1, 0.15) is 42.7 Å². The number of allylic oxidation sites excluding steroid dienone is 2. The van der Waals surface area contributed by atoms with E-state index in [0.29, 0.717) is 24.3 Å². The van der Waals surface area contributed by atoms with Gasteiger partial charge >= 0.3 is 0 Å². The summed E-state index contributed by atoms with van der Waals surface area (Å²) in [5.41, 5.74) is 2.23. The van der Waals surface area contributed by atoms with E-state index < -0.39 is 0 Å². The first-order valence-electron chi connectivity index (χ1n) is 5.95. The standard InChI is InChI=1S/C14H14O3/c15-9-3-4-10(8-1-2-8)11(7-9)14-12(16)5-6-13(14)17/h3-4,7-8,15-16H,1-2,5-6H2. The first-order chi connectivity index (χ1) is 8.16. The number of rotatable bonds is 2. The van der Waals surface area contributed by atoms with Crippen LogP contribution in [0.3, 0.4) is 0 Å². The Morgan fingerprint density at radius 3 is 2.47 bits per heavy atom. The summed E-state index contributed by atoms with van der Waals surface area (Å²) in [6.07, 6.45) is 3.05. The van der Waals surface area contributed by atoms with Gasteiger partial charge in [0.05, 0.1) is 5.57 Å². The molecule has 0 amide bonds. The molecule has 1 saturated carbocycles. The molecule has 17 heavy (non-hydrogen) atoms. The summed E-state index contributed by atoms with van der Waals surface area (Å²) in [7, 11) is 0. The highest BCUT2D eigenvalue weighted by molar-refractivity contribution is 6.23. The van der Waals surface area contributed by atoms with Gasteiger partial charge in [-0.15, -0.1) is 0 Å². The van der Waals surface area contributed by atoms with Gasteiger partial charge in [0, 0.05) is 12.8 Å². The molecule has 0 aromatic heterocycles. The number of Topliss-reactive ketones (excluding diaryl/α,β-unsaturated/α-hetero) is 1. The fraction of sp³-hybridized carbons (Fsp3) is 0.357. The number of carbonyl (C=O) groups excluding carboxylic acids is 1. The monoisotopic (exact) mass is 230 g/mol. The van der Waals surface area contributed by atoms with Crippen LogP contribution in [0.15, 0.2) is 24.0 Å². The molecule has 88 valence electrons. The third-order valence-corrected chi connectivity index (χ3v) is 3.48. The highest BCUT2D eigenvalue weighted by Crippen LogP contribution is 2.45. The lowest BCUT2D eigenvalue weighted by Gasteiger charge is -2.10. The quantitative estimate of drug-likeness (QED) is 0.821. The highest BCUT2D eigenvalue weighted by Gasteiger charge is 2.31. The fourth-order valence-corrected chi connectivity index (χ4v) is 2.46. The molecule has 1 aromatic rings. The summed E-state index contributed by atoms with van der Waals surface area (Å²) >= 11 is 0. The van der Waals surface area contributed by atoms with E-state index >= 15 is 0 Å². The Kier molecular flexibility index (Phi) is 2.21. The van der Waals surface area contributed by atoms with Crippen molar-refractivity contribution < 1.29 is 15.0 Å². The number of ketones is 1. The van der Waals surface area contributed by atoms with Gasteiger partial charge in [-0.25, -0.2) is 0 Å². The zero-order chi connectivity index (χ0) is 12.0. The van der Waals surface area contributed by atoms with Crippen LogP contribution in [0, 0.1) is 0 Å². The topological polar surface area (TPSA) is 57.5 Å². The van der Waals surface area contributed by atoms with E-state index in [0.717, 1.165) is 24.0 Å². The number of aliphatic hydroxyl groups excluding tert-OH is 1. The van der Waals surface area contributed by atoms with Crippen molar-refractivity contribution in [2.75, 3.05) is 0 Å². The van der Waals surface area contributed by atoms with Gasteiger partial charge in [-0.05, 0) is 42.0 Å². The first-order valence-corrected chi connectivity index (χ1v) is 5.95. The Morgan fingerprint density at radius 1 is 1.12 bits per heavy atom. The maximum Gasteiger partial charge on any atom is 0.167 e. The number of phenolic OH excluding ortho intramolecular Hbond substituents is 1. The maximum absolute atomic E-state index is 11.8. The third kappa shape index (κ3) is 1.71. The lowest BCUT2D eigenvalue weighted by atomic mass is 9.95.